The Morgan fingerprint density at radius 3 is 2.00 bits per heavy atom. The second-order valence-corrected chi connectivity index (χ2v) is 16.7. The summed E-state index contributed by atoms with van der Waals surface area (Å²) in [6, 6.07) is 3.50. The third-order valence-electron chi connectivity index (χ3n) is 7.51. The van der Waals surface area contributed by atoms with E-state index in [1.54, 1.807) is 6.21 Å². The SMILES string of the molecule is CCCCCCCCCCCCC/C=C/C(CC=Nc1ccc([N+](=O)[O-])cc1[N+](=O)[O-])O[Si](C)(C)C(C)(C)C. The van der Waals surface area contributed by atoms with E-state index in [1.165, 1.54) is 76.3 Å². The molecule has 0 N–H and O–H groups in total. The quantitative estimate of drug-likeness (QED) is 0.0393. The van der Waals surface area contributed by atoms with Gasteiger partial charge in [0.1, 0.15) is 5.69 Å². The molecule has 0 bridgehead atoms. The number of aliphatic imine (C=N–C) groups is 1. The first-order chi connectivity index (χ1) is 18.4. The molecule has 9 heteroatoms. The van der Waals surface area contributed by atoms with Crippen molar-refractivity contribution in [3.8, 4) is 0 Å². The molecule has 0 saturated heterocycles. The van der Waals surface area contributed by atoms with E-state index in [9.17, 15) is 20.2 Å². The molecule has 1 aromatic carbocycles. The number of allylic oxidation sites excluding steroid dienone is 1. The second-order valence-electron chi connectivity index (χ2n) is 11.9. The zero-order chi connectivity index (χ0) is 29.3. The molecule has 1 aromatic rings. The number of hydrogen-bond acceptors (Lipinski definition) is 6. The van der Waals surface area contributed by atoms with Crippen LogP contribution in [-0.4, -0.2) is 30.5 Å². The lowest BCUT2D eigenvalue weighted by atomic mass is 10.1. The van der Waals surface area contributed by atoms with Crippen molar-refractivity contribution in [3.05, 3.63) is 50.6 Å². The van der Waals surface area contributed by atoms with E-state index in [2.05, 4.69) is 57.9 Å². The summed E-state index contributed by atoms with van der Waals surface area (Å²) in [6.07, 6.45) is 21.7. The Kier molecular flexibility index (Phi) is 16.0. The van der Waals surface area contributed by atoms with Gasteiger partial charge in [-0.25, -0.2) is 0 Å². The van der Waals surface area contributed by atoms with Gasteiger partial charge in [-0.3, -0.25) is 25.2 Å². The number of non-ortho nitro benzene ring substituents is 1. The minimum absolute atomic E-state index is 0.0450. The van der Waals surface area contributed by atoms with Crippen molar-refractivity contribution in [1.82, 2.24) is 0 Å². The first kappa shape index (κ1) is 34.6. The van der Waals surface area contributed by atoms with Crippen LogP contribution in [0, 0.1) is 20.2 Å². The standard InChI is InChI=1S/C30H51N3O5Si/c1-7-8-9-10-11-12-13-14-15-16-17-18-19-20-27(38-39(5,6)30(2,3)4)23-24-31-28-22-21-26(32(34)35)25-29(28)33(36)37/h19-22,24-25,27H,7-18,23H2,1-6H3/b20-19+,31-24?. The van der Waals surface area contributed by atoms with Crippen LogP contribution in [0.25, 0.3) is 0 Å². The predicted molar refractivity (Wildman–Crippen MR) is 165 cm³/mol. The summed E-state index contributed by atoms with van der Waals surface area (Å²) in [5, 5.41) is 22.5. The van der Waals surface area contributed by atoms with Gasteiger partial charge in [0, 0.05) is 18.7 Å². The number of nitrogens with zero attached hydrogens (tertiary/aromatic N) is 3. The molecule has 1 rings (SSSR count). The molecule has 0 aromatic heterocycles. The fraction of sp³-hybridized carbons (Fsp3) is 0.700. The Bertz CT molecular complexity index is 941. The molecule has 1 unspecified atom stereocenters. The molecule has 8 nitrogen and oxygen atoms in total. The summed E-state index contributed by atoms with van der Waals surface area (Å²) in [6.45, 7) is 13.2. The topological polar surface area (TPSA) is 108 Å². The highest BCUT2D eigenvalue weighted by Crippen LogP contribution is 2.38. The zero-order valence-corrected chi connectivity index (χ0v) is 26.1. The largest absolute Gasteiger partial charge is 0.410 e. The number of unbranched alkanes of at least 4 members (excludes halogenated alkanes) is 11. The van der Waals surface area contributed by atoms with Gasteiger partial charge in [-0.05, 0) is 37.0 Å². The van der Waals surface area contributed by atoms with Gasteiger partial charge in [0.05, 0.1) is 22.0 Å². The molecule has 0 saturated carbocycles. The molecule has 0 spiro atoms. The molecular formula is C30H51N3O5Si. The number of nitro groups is 2. The maximum Gasteiger partial charge on any atom is 0.301 e. The normalized spacial score (nSPS) is 13.4. The summed E-state index contributed by atoms with van der Waals surface area (Å²) in [7, 11) is -2.05. The zero-order valence-electron chi connectivity index (χ0n) is 25.1. The van der Waals surface area contributed by atoms with Crippen molar-refractivity contribution >= 4 is 31.6 Å². The Hall–Kier alpha value is -2.39. The van der Waals surface area contributed by atoms with E-state index in [4.69, 9.17) is 4.43 Å². The van der Waals surface area contributed by atoms with Crippen LogP contribution < -0.4 is 0 Å². The maximum atomic E-state index is 11.4. The highest BCUT2D eigenvalue weighted by Gasteiger charge is 2.38. The van der Waals surface area contributed by atoms with Gasteiger partial charge in [-0.15, -0.1) is 0 Å². The molecule has 0 aliphatic carbocycles. The Labute approximate surface area is 236 Å². The minimum Gasteiger partial charge on any atom is -0.410 e. The fourth-order valence-electron chi connectivity index (χ4n) is 4.03. The minimum atomic E-state index is -2.05. The molecule has 39 heavy (non-hydrogen) atoms. The number of hydrogen-bond donors (Lipinski definition) is 0. The molecule has 1 atom stereocenters. The van der Waals surface area contributed by atoms with E-state index < -0.39 is 18.2 Å². The monoisotopic (exact) mass is 561 g/mol. The fourth-order valence-corrected chi connectivity index (χ4v) is 5.32. The van der Waals surface area contributed by atoms with Crippen molar-refractivity contribution in [3.63, 3.8) is 0 Å². The van der Waals surface area contributed by atoms with Gasteiger partial charge in [-0.2, -0.15) is 0 Å². The summed E-state index contributed by atoms with van der Waals surface area (Å²) in [4.78, 5) is 25.4. The average Bonchev–Trinajstić information content (AvgIpc) is 2.85. The molecule has 0 fully saturated rings. The summed E-state index contributed by atoms with van der Waals surface area (Å²) < 4.78 is 6.61. The molecule has 0 aliphatic rings. The summed E-state index contributed by atoms with van der Waals surface area (Å²) in [5.41, 5.74) is -0.610. The van der Waals surface area contributed by atoms with E-state index in [1.807, 2.05) is 0 Å². The van der Waals surface area contributed by atoms with Crippen molar-refractivity contribution in [2.45, 2.75) is 135 Å². The van der Waals surface area contributed by atoms with Gasteiger partial charge in [0.2, 0.25) is 0 Å². The van der Waals surface area contributed by atoms with Crippen LogP contribution in [0.15, 0.2) is 35.3 Å². The Balaban J connectivity index is 2.66. The van der Waals surface area contributed by atoms with E-state index >= 15 is 0 Å². The summed E-state index contributed by atoms with van der Waals surface area (Å²) in [5.74, 6) is 0. The van der Waals surface area contributed by atoms with Crippen molar-refractivity contribution in [2.24, 2.45) is 4.99 Å². The average molecular weight is 562 g/mol. The molecule has 0 amide bonds. The van der Waals surface area contributed by atoms with Crippen LogP contribution in [0.2, 0.25) is 18.1 Å². The Morgan fingerprint density at radius 1 is 0.923 bits per heavy atom. The smallest absolute Gasteiger partial charge is 0.301 e. The van der Waals surface area contributed by atoms with Gasteiger partial charge in [0.15, 0.2) is 8.32 Å². The van der Waals surface area contributed by atoms with Gasteiger partial charge in [-0.1, -0.05) is 104 Å². The van der Waals surface area contributed by atoms with E-state index in [0.29, 0.717) is 6.42 Å². The molecular weight excluding hydrogens is 510 g/mol. The van der Waals surface area contributed by atoms with Gasteiger partial charge < -0.3 is 4.43 Å². The number of benzene rings is 1. The molecule has 0 heterocycles. The van der Waals surface area contributed by atoms with Gasteiger partial charge in [0.25, 0.3) is 5.69 Å². The number of rotatable bonds is 20. The number of nitro benzene ring substituents is 2. The first-order valence-electron chi connectivity index (χ1n) is 14.7. The molecule has 220 valence electrons. The van der Waals surface area contributed by atoms with Crippen LogP contribution in [0.3, 0.4) is 0 Å². The Morgan fingerprint density at radius 2 is 1.49 bits per heavy atom. The lowest BCUT2D eigenvalue weighted by Gasteiger charge is -2.38. The van der Waals surface area contributed by atoms with Crippen molar-refractivity contribution < 1.29 is 14.3 Å². The van der Waals surface area contributed by atoms with Crippen LogP contribution in [0.1, 0.15) is 111 Å². The lowest BCUT2D eigenvalue weighted by molar-refractivity contribution is -0.393. The summed E-state index contributed by atoms with van der Waals surface area (Å²) >= 11 is 0. The van der Waals surface area contributed by atoms with Gasteiger partial charge >= 0.3 is 5.69 Å². The van der Waals surface area contributed by atoms with Crippen LogP contribution in [0.5, 0.6) is 0 Å². The third kappa shape index (κ3) is 14.0. The van der Waals surface area contributed by atoms with E-state index in [0.717, 1.165) is 18.9 Å². The molecule has 0 radical (unpaired) electrons. The van der Waals surface area contributed by atoms with Crippen LogP contribution in [0.4, 0.5) is 17.1 Å². The maximum absolute atomic E-state index is 11.4. The van der Waals surface area contributed by atoms with E-state index in [-0.39, 0.29) is 28.2 Å². The first-order valence-corrected chi connectivity index (χ1v) is 17.6. The van der Waals surface area contributed by atoms with Crippen LogP contribution in [-0.2, 0) is 4.43 Å². The lowest BCUT2D eigenvalue weighted by Crippen LogP contribution is -2.43. The second kappa shape index (κ2) is 18.0. The highest BCUT2D eigenvalue weighted by atomic mass is 28.4. The van der Waals surface area contributed by atoms with Crippen LogP contribution >= 0.6 is 0 Å². The predicted octanol–water partition coefficient (Wildman–Crippen LogP) is 10.2. The van der Waals surface area contributed by atoms with Crippen molar-refractivity contribution in [2.75, 3.05) is 0 Å². The molecule has 0 aliphatic heterocycles. The highest BCUT2D eigenvalue weighted by molar-refractivity contribution is 6.74. The third-order valence-corrected chi connectivity index (χ3v) is 12.0. The van der Waals surface area contributed by atoms with Crippen molar-refractivity contribution in [1.29, 1.82) is 0 Å².